The Kier molecular flexibility index (Phi) is 4.03. The van der Waals surface area contributed by atoms with Crippen molar-refractivity contribution >= 4 is 10.0 Å². The van der Waals surface area contributed by atoms with Gasteiger partial charge in [0.15, 0.2) is 0 Å². The Morgan fingerprint density at radius 1 is 1.15 bits per heavy atom. The van der Waals surface area contributed by atoms with E-state index in [1.54, 1.807) is 0 Å². The standard InChI is InChI=1S/C11H12F4N2O2S/c12-10-7-8(1-2-9(10)11(13,14)15)20(18,19)17-5-3-16-4-6-17/h1-2,7,16H,3-6H2. The molecule has 9 heteroatoms. The van der Waals surface area contributed by atoms with Crippen molar-refractivity contribution in [3.63, 3.8) is 0 Å². The average molecular weight is 312 g/mol. The van der Waals surface area contributed by atoms with E-state index in [-0.39, 0.29) is 13.1 Å². The normalized spacial score (nSPS) is 18.2. The first-order valence-corrected chi connectivity index (χ1v) is 7.24. The lowest BCUT2D eigenvalue weighted by Crippen LogP contribution is -2.46. The first kappa shape index (κ1) is 15.2. The molecule has 0 saturated carbocycles. The molecule has 1 aromatic carbocycles. The average Bonchev–Trinajstić information content (AvgIpc) is 2.38. The molecule has 0 bridgehead atoms. The first-order chi connectivity index (χ1) is 9.23. The largest absolute Gasteiger partial charge is 0.419 e. The highest BCUT2D eigenvalue weighted by Gasteiger charge is 2.35. The molecule has 1 N–H and O–H groups in total. The van der Waals surface area contributed by atoms with Crippen LogP contribution in [-0.4, -0.2) is 38.9 Å². The van der Waals surface area contributed by atoms with Gasteiger partial charge in [-0.3, -0.25) is 0 Å². The lowest BCUT2D eigenvalue weighted by molar-refractivity contribution is -0.140. The summed E-state index contributed by atoms with van der Waals surface area (Å²) in [6.45, 7) is 1.29. The fourth-order valence-electron chi connectivity index (χ4n) is 1.92. The Labute approximate surface area is 113 Å². The smallest absolute Gasteiger partial charge is 0.314 e. The molecule has 0 amide bonds. The fourth-order valence-corrected chi connectivity index (χ4v) is 3.37. The zero-order chi connectivity index (χ0) is 15.0. The van der Waals surface area contributed by atoms with Crippen LogP contribution >= 0.6 is 0 Å². The topological polar surface area (TPSA) is 49.4 Å². The van der Waals surface area contributed by atoms with Crippen molar-refractivity contribution in [3.8, 4) is 0 Å². The molecule has 0 radical (unpaired) electrons. The second kappa shape index (κ2) is 5.30. The molecule has 0 aromatic heterocycles. The molecule has 1 fully saturated rings. The number of sulfonamides is 1. The number of alkyl halides is 3. The van der Waals surface area contributed by atoms with E-state index in [0.29, 0.717) is 25.2 Å². The van der Waals surface area contributed by atoms with Gasteiger partial charge < -0.3 is 5.32 Å². The maximum atomic E-state index is 13.4. The van der Waals surface area contributed by atoms with Gasteiger partial charge in [0.05, 0.1) is 10.5 Å². The molecule has 0 atom stereocenters. The number of hydrogen-bond acceptors (Lipinski definition) is 3. The van der Waals surface area contributed by atoms with E-state index in [0.717, 1.165) is 10.4 Å². The van der Waals surface area contributed by atoms with Crippen LogP contribution in [0.5, 0.6) is 0 Å². The predicted octanol–water partition coefficient (Wildman–Crippen LogP) is 1.44. The monoisotopic (exact) mass is 312 g/mol. The summed E-state index contributed by atoms with van der Waals surface area (Å²) in [6.07, 6.45) is -4.85. The van der Waals surface area contributed by atoms with Gasteiger partial charge >= 0.3 is 6.18 Å². The summed E-state index contributed by atoms with van der Waals surface area (Å²) in [6, 6.07) is 1.65. The number of hydrogen-bond donors (Lipinski definition) is 1. The third kappa shape index (κ3) is 2.94. The third-order valence-corrected chi connectivity index (χ3v) is 4.85. The van der Waals surface area contributed by atoms with E-state index < -0.39 is 32.5 Å². The Balaban J connectivity index is 2.36. The van der Waals surface area contributed by atoms with Gasteiger partial charge in [-0.1, -0.05) is 0 Å². The highest BCUT2D eigenvalue weighted by molar-refractivity contribution is 7.89. The van der Waals surface area contributed by atoms with Gasteiger partial charge in [-0.05, 0) is 18.2 Å². The molecule has 0 unspecified atom stereocenters. The van der Waals surface area contributed by atoms with Gasteiger partial charge in [0, 0.05) is 26.2 Å². The number of halogens is 4. The number of rotatable bonds is 2. The van der Waals surface area contributed by atoms with E-state index in [1.165, 1.54) is 0 Å². The van der Waals surface area contributed by atoms with E-state index >= 15 is 0 Å². The summed E-state index contributed by atoms with van der Waals surface area (Å²) in [5, 5.41) is 2.95. The third-order valence-electron chi connectivity index (χ3n) is 2.96. The number of piperazine rings is 1. The van der Waals surface area contributed by atoms with Crippen LogP contribution in [0.25, 0.3) is 0 Å². The van der Waals surface area contributed by atoms with Crippen LogP contribution in [0.15, 0.2) is 23.1 Å². The van der Waals surface area contributed by atoms with Gasteiger partial charge in [-0.2, -0.15) is 17.5 Å². The number of nitrogens with one attached hydrogen (secondary N) is 1. The van der Waals surface area contributed by atoms with E-state index in [1.807, 2.05) is 0 Å². The Hall–Kier alpha value is -1.19. The highest BCUT2D eigenvalue weighted by atomic mass is 32.2. The Morgan fingerprint density at radius 3 is 2.25 bits per heavy atom. The molecule has 1 aliphatic heterocycles. The Bertz CT molecular complexity index is 595. The zero-order valence-electron chi connectivity index (χ0n) is 10.2. The quantitative estimate of drug-likeness (QED) is 0.841. The molecule has 1 aliphatic rings. The SMILES string of the molecule is O=S(=O)(c1ccc(C(F)(F)F)c(F)c1)N1CCNCC1. The summed E-state index contributed by atoms with van der Waals surface area (Å²) in [5.74, 6) is -1.59. The second-order valence-corrected chi connectivity index (χ2v) is 6.23. The molecule has 2 rings (SSSR count). The van der Waals surface area contributed by atoms with Crippen molar-refractivity contribution in [2.45, 2.75) is 11.1 Å². The van der Waals surface area contributed by atoms with Crippen LogP contribution in [-0.2, 0) is 16.2 Å². The Morgan fingerprint density at radius 2 is 1.75 bits per heavy atom. The first-order valence-electron chi connectivity index (χ1n) is 5.80. The van der Waals surface area contributed by atoms with E-state index in [9.17, 15) is 26.0 Å². The minimum Gasteiger partial charge on any atom is -0.314 e. The van der Waals surface area contributed by atoms with Gasteiger partial charge in [0.2, 0.25) is 10.0 Å². The predicted molar refractivity (Wildman–Crippen MR) is 63.0 cm³/mol. The molecule has 0 aliphatic carbocycles. The van der Waals surface area contributed by atoms with Gasteiger partial charge in [0.25, 0.3) is 0 Å². The van der Waals surface area contributed by atoms with E-state index in [4.69, 9.17) is 0 Å². The van der Waals surface area contributed by atoms with Crippen LogP contribution in [0.2, 0.25) is 0 Å². The lowest BCUT2D eigenvalue weighted by Gasteiger charge is -2.26. The molecule has 112 valence electrons. The maximum absolute atomic E-state index is 13.4. The summed E-state index contributed by atoms with van der Waals surface area (Å²) >= 11 is 0. The van der Waals surface area contributed by atoms with Crippen LogP contribution in [0.4, 0.5) is 17.6 Å². The highest BCUT2D eigenvalue weighted by Crippen LogP contribution is 2.32. The van der Waals surface area contributed by atoms with Crippen LogP contribution < -0.4 is 5.32 Å². The van der Waals surface area contributed by atoms with Gasteiger partial charge in [-0.25, -0.2) is 12.8 Å². The van der Waals surface area contributed by atoms with Crippen molar-refractivity contribution in [2.24, 2.45) is 0 Å². The van der Waals surface area contributed by atoms with Crippen LogP contribution in [0.3, 0.4) is 0 Å². The molecule has 1 aromatic rings. The van der Waals surface area contributed by atoms with Crippen molar-refractivity contribution < 1.29 is 26.0 Å². The van der Waals surface area contributed by atoms with E-state index in [2.05, 4.69) is 5.32 Å². The summed E-state index contributed by atoms with van der Waals surface area (Å²) in [5.41, 5.74) is -1.48. The molecule has 4 nitrogen and oxygen atoms in total. The summed E-state index contributed by atoms with van der Waals surface area (Å²) < 4.78 is 76.1. The molecule has 20 heavy (non-hydrogen) atoms. The van der Waals surface area contributed by atoms with Crippen molar-refractivity contribution in [3.05, 3.63) is 29.6 Å². The van der Waals surface area contributed by atoms with Gasteiger partial charge in [-0.15, -0.1) is 0 Å². The van der Waals surface area contributed by atoms with Crippen molar-refractivity contribution in [1.82, 2.24) is 9.62 Å². The molecule has 1 saturated heterocycles. The van der Waals surface area contributed by atoms with Gasteiger partial charge in [0.1, 0.15) is 5.82 Å². The molecular formula is C11H12F4N2O2S. The zero-order valence-corrected chi connectivity index (χ0v) is 11.1. The molecule has 1 heterocycles. The minimum atomic E-state index is -4.85. The molecule has 0 spiro atoms. The summed E-state index contributed by atoms with van der Waals surface area (Å²) in [4.78, 5) is -0.468. The number of nitrogens with zero attached hydrogens (tertiary/aromatic N) is 1. The van der Waals surface area contributed by atoms with Crippen LogP contribution in [0.1, 0.15) is 5.56 Å². The van der Waals surface area contributed by atoms with Crippen molar-refractivity contribution in [2.75, 3.05) is 26.2 Å². The molecular weight excluding hydrogens is 300 g/mol. The number of benzene rings is 1. The minimum absolute atomic E-state index is 0.199. The lowest BCUT2D eigenvalue weighted by atomic mass is 10.2. The fraction of sp³-hybridized carbons (Fsp3) is 0.455. The maximum Gasteiger partial charge on any atom is 0.419 e. The second-order valence-electron chi connectivity index (χ2n) is 4.29. The van der Waals surface area contributed by atoms with Crippen LogP contribution in [0, 0.1) is 5.82 Å². The summed E-state index contributed by atoms with van der Waals surface area (Å²) in [7, 11) is -3.96. The van der Waals surface area contributed by atoms with Crippen molar-refractivity contribution in [1.29, 1.82) is 0 Å².